The predicted octanol–water partition coefficient (Wildman–Crippen LogP) is 2.43. The van der Waals surface area contributed by atoms with E-state index in [-0.39, 0.29) is 29.8 Å². The summed E-state index contributed by atoms with van der Waals surface area (Å²) in [5.41, 5.74) is 0.543. The van der Waals surface area contributed by atoms with Gasteiger partial charge in [0.25, 0.3) is 0 Å². The highest BCUT2D eigenvalue weighted by atomic mass is 35.5. The summed E-state index contributed by atoms with van der Waals surface area (Å²) in [4.78, 5) is 12.1. The average molecular weight is 390 g/mol. The molecule has 0 saturated heterocycles. The number of sulfonamides is 1. The highest BCUT2D eigenvalue weighted by Gasteiger charge is 2.24. The molecule has 0 atom stereocenters. The SMILES string of the molecule is Cc1ccc(NC(=O)CNCC2CC2)cc1S(=O)(=O)NC(C)(C)C.Cl. The topological polar surface area (TPSA) is 87.3 Å². The van der Waals surface area contributed by atoms with E-state index in [2.05, 4.69) is 15.4 Å². The molecule has 1 aromatic rings. The quantitative estimate of drug-likeness (QED) is 0.668. The number of carbonyl (C=O) groups is 1. The van der Waals surface area contributed by atoms with Crippen LogP contribution < -0.4 is 15.4 Å². The van der Waals surface area contributed by atoms with Crippen LogP contribution in [-0.4, -0.2) is 33.0 Å². The van der Waals surface area contributed by atoms with Crippen molar-refractivity contribution in [1.29, 1.82) is 0 Å². The first kappa shape index (κ1) is 21.9. The molecule has 1 aliphatic rings. The van der Waals surface area contributed by atoms with Crippen molar-refractivity contribution in [2.45, 2.75) is 51.0 Å². The molecule has 6 nitrogen and oxygen atoms in total. The van der Waals surface area contributed by atoms with Gasteiger partial charge in [-0.25, -0.2) is 13.1 Å². The van der Waals surface area contributed by atoms with Crippen LogP contribution in [0.4, 0.5) is 5.69 Å². The van der Waals surface area contributed by atoms with E-state index in [9.17, 15) is 13.2 Å². The number of hydrogen-bond acceptors (Lipinski definition) is 4. The Morgan fingerprint density at radius 1 is 1.24 bits per heavy atom. The van der Waals surface area contributed by atoms with E-state index >= 15 is 0 Å². The van der Waals surface area contributed by atoms with Gasteiger partial charge in [0, 0.05) is 11.2 Å². The lowest BCUT2D eigenvalue weighted by Crippen LogP contribution is -2.40. The Morgan fingerprint density at radius 3 is 2.44 bits per heavy atom. The zero-order chi connectivity index (χ0) is 18.0. The molecule has 2 rings (SSSR count). The highest BCUT2D eigenvalue weighted by Crippen LogP contribution is 2.27. The lowest BCUT2D eigenvalue weighted by atomic mass is 10.1. The minimum Gasteiger partial charge on any atom is -0.325 e. The Labute approximate surface area is 156 Å². The van der Waals surface area contributed by atoms with Crippen molar-refractivity contribution in [1.82, 2.24) is 10.0 Å². The molecular formula is C17H28ClN3O3S. The molecule has 0 aromatic heterocycles. The van der Waals surface area contributed by atoms with Gasteiger partial charge in [0.15, 0.2) is 0 Å². The Morgan fingerprint density at radius 2 is 1.88 bits per heavy atom. The van der Waals surface area contributed by atoms with E-state index in [1.54, 1.807) is 39.8 Å². The van der Waals surface area contributed by atoms with Crippen molar-refractivity contribution in [2.75, 3.05) is 18.4 Å². The van der Waals surface area contributed by atoms with Crippen LogP contribution >= 0.6 is 12.4 Å². The standard InChI is InChI=1S/C17H27N3O3S.ClH/c1-12-5-8-14(19-16(21)11-18-10-13-6-7-13)9-15(12)24(22,23)20-17(2,3)4;/h5,8-9,13,18,20H,6-7,10-11H2,1-4H3,(H,19,21);1H. The van der Waals surface area contributed by atoms with Crippen LogP contribution in [0.1, 0.15) is 39.2 Å². The van der Waals surface area contributed by atoms with Crippen LogP contribution in [0.25, 0.3) is 0 Å². The third kappa shape index (κ3) is 7.32. The van der Waals surface area contributed by atoms with E-state index in [1.807, 2.05) is 0 Å². The summed E-state index contributed by atoms with van der Waals surface area (Å²) in [5, 5.41) is 5.86. The van der Waals surface area contributed by atoms with Crippen LogP contribution in [0.5, 0.6) is 0 Å². The van der Waals surface area contributed by atoms with E-state index in [1.165, 1.54) is 18.9 Å². The van der Waals surface area contributed by atoms with Crippen LogP contribution in [0.15, 0.2) is 23.1 Å². The van der Waals surface area contributed by atoms with Gasteiger partial charge in [0.05, 0.1) is 11.4 Å². The molecule has 142 valence electrons. The number of nitrogens with one attached hydrogen (secondary N) is 3. The Bertz CT molecular complexity index is 710. The number of anilines is 1. The van der Waals surface area contributed by atoms with Gasteiger partial charge in [-0.1, -0.05) is 6.07 Å². The molecule has 25 heavy (non-hydrogen) atoms. The summed E-state index contributed by atoms with van der Waals surface area (Å²) >= 11 is 0. The zero-order valence-corrected chi connectivity index (χ0v) is 16.8. The van der Waals surface area contributed by atoms with Crippen molar-refractivity contribution in [2.24, 2.45) is 5.92 Å². The summed E-state index contributed by atoms with van der Waals surface area (Å²) in [6.07, 6.45) is 2.46. The number of benzene rings is 1. The average Bonchev–Trinajstić information content (AvgIpc) is 3.22. The third-order valence-electron chi connectivity index (χ3n) is 3.62. The lowest BCUT2D eigenvalue weighted by molar-refractivity contribution is -0.115. The Kier molecular flexibility index (Phi) is 7.43. The number of hydrogen-bond donors (Lipinski definition) is 3. The van der Waals surface area contributed by atoms with Crippen molar-refractivity contribution in [3.63, 3.8) is 0 Å². The van der Waals surface area contributed by atoms with Crippen LogP contribution in [0.3, 0.4) is 0 Å². The first-order valence-electron chi connectivity index (χ1n) is 8.22. The maximum atomic E-state index is 12.5. The highest BCUT2D eigenvalue weighted by molar-refractivity contribution is 7.89. The third-order valence-corrected chi connectivity index (χ3v) is 5.52. The fourth-order valence-electron chi connectivity index (χ4n) is 2.34. The molecule has 0 spiro atoms. The molecule has 3 N–H and O–H groups in total. The Balaban J connectivity index is 0.00000312. The number of aryl methyl sites for hydroxylation is 1. The zero-order valence-electron chi connectivity index (χ0n) is 15.2. The second-order valence-corrected chi connectivity index (χ2v) is 9.11. The van der Waals surface area contributed by atoms with Crippen molar-refractivity contribution < 1.29 is 13.2 Å². The first-order valence-corrected chi connectivity index (χ1v) is 9.70. The fourth-order valence-corrected chi connectivity index (χ4v) is 4.03. The van der Waals surface area contributed by atoms with Crippen molar-refractivity contribution in [3.05, 3.63) is 23.8 Å². The van der Waals surface area contributed by atoms with Crippen LogP contribution in [0, 0.1) is 12.8 Å². The second kappa shape index (κ2) is 8.49. The molecule has 0 radical (unpaired) electrons. The minimum absolute atomic E-state index is 0. The van der Waals surface area contributed by atoms with Crippen molar-refractivity contribution in [3.8, 4) is 0 Å². The van der Waals surface area contributed by atoms with Gasteiger partial charge in [-0.3, -0.25) is 4.79 Å². The van der Waals surface area contributed by atoms with E-state index in [0.29, 0.717) is 17.2 Å². The molecule has 8 heteroatoms. The van der Waals surface area contributed by atoms with Gasteiger partial charge in [-0.2, -0.15) is 0 Å². The summed E-state index contributed by atoms with van der Waals surface area (Å²) in [5.74, 6) is 0.532. The van der Waals surface area contributed by atoms with Crippen molar-refractivity contribution >= 4 is 34.0 Å². The lowest BCUT2D eigenvalue weighted by Gasteiger charge is -2.21. The predicted molar refractivity (Wildman–Crippen MR) is 103 cm³/mol. The summed E-state index contributed by atoms with van der Waals surface area (Å²) < 4.78 is 27.7. The Hall–Kier alpha value is -1.15. The largest absolute Gasteiger partial charge is 0.325 e. The van der Waals surface area contributed by atoms with Gasteiger partial charge in [-0.05, 0) is 70.7 Å². The molecule has 0 aliphatic heterocycles. The van der Waals surface area contributed by atoms with E-state index < -0.39 is 15.6 Å². The van der Waals surface area contributed by atoms with Crippen LogP contribution in [-0.2, 0) is 14.8 Å². The molecule has 1 amide bonds. The van der Waals surface area contributed by atoms with E-state index in [4.69, 9.17) is 0 Å². The van der Waals surface area contributed by atoms with Gasteiger partial charge in [0.1, 0.15) is 0 Å². The molecule has 1 aliphatic carbocycles. The van der Waals surface area contributed by atoms with E-state index in [0.717, 1.165) is 6.54 Å². The van der Waals surface area contributed by atoms with Crippen LogP contribution in [0.2, 0.25) is 0 Å². The second-order valence-electron chi connectivity index (χ2n) is 7.46. The number of carbonyl (C=O) groups excluding carboxylic acids is 1. The monoisotopic (exact) mass is 389 g/mol. The summed E-state index contributed by atoms with van der Waals surface area (Å²) in [6, 6.07) is 4.91. The smallest absolute Gasteiger partial charge is 0.241 e. The molecule has 0 unspecified atom stereocenters. The molecule has 1 fully saturated rings. The first-order chi connectivity index (χ1) is 11.1. The van der Waals surface area contributed by atoms with Gasteiger partial charge in [-0.15, -0.1) is 12.4 Å². The fraction of sp³-hybridized carbons (Fsp3) is 0.588. The number of rotatable bonds is 7. The van der Waals surface area contributed by atoms with Gasteiger partial charge >= 0.3 is 0 Å². The number of amides is 1. The number of halogens is 1. The summed E-state index contributed by atoms with van der Waals surface area (Å²) in [6.45, 7) is 8.19. The summed E-state index contributed by atoms with van der Waals surface area (Å²) in [7, 11) is -3.64. The normalized spacial score (nSPS) is 14.7. The molecule has 0 heterocycles. The minimum atomic E-state index is -3.64. The molecule has 1 aromatic carbocycles. The van der Waals surface area contributed by atoms with Gasteiger partial charge < -0.3 is 10.6 Å². The van der Waals surface area contributed by atoms with Gasteiger partial charge in [0.2, 0.25) is 15.9 Å². The molecule has 0 bridgehead atoms. The molecule has 1 saturated carbocycles. The maximum Gasteiger partial charge on any atom is 0.241 e. The molecular weight excluding hydrogens is 362 g/mol. The maximum absolute atomic E-state index is 12.5.